The van der Waals surface area contributed by atoms with E-state index in [1.807, 2.05) is 0 Å². The molecule has 0 saturated heterocycles. The molecule has 1 heterocycles. The van der Waals surface area contributed by atoms with E-state index in [-0.39, 0.29) is 0 Å². The van der Waals surface area contributed by atoms with Gasteiger partial charge in [-0.3, -0.25) is 0 Å². The molecule has 0 spiro atoms. The predicted octanol–water partition coefficient (Wildman–Crippen LogP) is 3.24. The minimum atomic E-state index is 0.636. The van der Waals surface area contributed by atoms with Crippen molar-refractivity contribution in [1.82, 2.24) is 5.32 Å². The fourth-order valence-corrected chi connectivity index (χ4v) is 3.47. The largest absolute Gasteiger partial charge is 0.382 e. The number of hydrogen-bond donors (Lipinski definition) is 1. The van der Waals surface area contributed by atoms with Gasteiger partial charge in [-0.2, -0.15) is 0 Å². The Kier molecular flexibility index (Phi) is 2.15. The van der Waals surface area contributed by atoms with Gasteiger partial charge in [0, 0.05) is 11.6 Å². The molecule has 0 radical (unpaired) electrons. The van der Waals surface area contributed by atoms with E-state index in [0.717, 1.165) is 17.8 Å². The van der Waals surface area contributed by atoms with Crippen molar-refractivity contribution in [3.05, 3.63) is 23.4 Å². The molecule has 0 bridgehead atoms. The van der Waals surface area contributed by atoms with Crippen LogP contribution in [0.15, 0.2) is 23.4 Å². The lowest BCUT2D eigenvalue weighted by Crippen LogP contribution is -2.30. The maximum Gasteiger partial charge on any atom is 0.0507 e. The van der Waals surface area contributed by atoms with E-state index in [9.17, 15) is 0 Å². The van der Waals surface area contributed by atoms with E-state index in [1.54, 1.807) is 11.3 Å². The van der Waals surface area contributed by atoms with E-state index in [1.165, 1.54) is 25.7 Å². The Balaban J connectivity index is 1.87. The van der Waals surface area contributed by atoms with Gasteiger partial charge in [0.15, 0.2) is 0 Å². The maximum absolute atomic E-state index is 3.73. The van der Waals surface area contributed by atoms with Crippen molar-refractivity contribution in [2.75, 3.05) is 0 Å². The van der Waals surface area contributed by atoms with Crippen LogP contribution in [0.5, 0.6) is 0 Å². The van der Waals surface area contributed by atoms with Crippen molar-refractivity contribution >= 4 is 0 Å². The second-order valence-electron chi connectivity index (χ2n) is 5.73. The van der Waals surface area contributed by atoms with Crippen LogP contribution in [0.3, 0.4) is 0 Å². The summed E-state index contributed by atoms with van der Waals surface area (Å²) in [6.45, 7) is 4.75. The molecule has 0 fully saturated rings. The van der Waals surface area contributed by atoms with Crippen molar-refractivity contribution in [3.63, 3.8) is 0 Å². The van der Waals surface area contributed by atoms with Crippen LogP contribution in [-0.4, -0.2) is 6.04 Å². The van der Waals surface area contributed by atoms with E-state index in [4.69, 9.17) is 0 Å². The third-order valence-corrected chi connectivity index (χ3v) is 4.34. The fourth-order valence-electron chi connectivity index (χ4n) is 3.47. The molecule has 0 amide bonds. The highest BCUT2D eigenvalue weighted by Gasteiger charge is 2.37. The van der Waals surface area contributed by atoms with Crippen LogP contribution < -0.4 is 5.32 Å². The van der Waals surface area contributed by atoms with Crippen molar-refractivity contribution < 1.29 is 0 Å². The molecule has 4 unspecified atom stereocenters. The lowest BCUT2D eigenvalue weighted by Gasteiger charge is -2.28. The lowest BCUT2D eigenvalue weighted by molar-refractivity contribution is 0.404. The van der Waals surface area contributed by atoms with Gasteiger partial charge in [-0.05, 0) is 43.1 Å². The van der Waals surface area contributed by atoms with E-state index >= 15 is 0 Å². The summed E-state index contributed by atoms with van der Waals surface area (Å²) in [6, 6.07) is 0.636. The van der Waals surface area contributed by atoms with Crippen molar-refractivity contribution in [2.24, 2.45) is 17.8 Å². The van der Waals surface area contributed by atoms with Gasteiger partial charge < -0.3 is 5.32 Å². The molecule has 0 saturated carbocycles. The second-order valence-corrected chi connectivity index (χ2v) is 5.73. The van der Waals surface area contributed by atoms with Crippen LogP contribution in [0.4, 0.5) is 0 Å². The summed E-state index contributed by atoms with van der Waals surface area (Å²) in [7, 11) is 0. The van der Waals surface area contributed by atoms with Gasteiger partial charge in [0.2, 0.25) is 0 Å². The predicted molar refractivity (Wildman–Crippen MR) is 63.4 cm³/mol. The first-order chi connectivity index (χ1) is 7.24. The number of hydrogen-bond acceptors (Lipinski definition) is 1. The zero-order valence-electron chi connectivity index (χ0n) is 9.79. The molecule has 3 rings (SSSR count). The van der Waals surface area contributed by atoms with Gasteiger partial charge >= 0.3 is 0 Å². The highest BCUT2D eigenvalue weighted by Crippen LogP contribution is 2.43. The summed E-state index contributed by atoms with van der Waals surface area (Å²) >= 11 is 0. The van der Waals surface area contributed by atoms with Crippen LogP contribution >= 0.6 is 0 Å². The first kappa shape index (κ1) is 9.50. The minimum absolute atomic E-state index is 0.636. The SMILES string of the molecule is CC1C=CC2NC3=C(CC(C)CC3)C2C1. The van der Waals surface area contributed by atoms with Gasteiger partial charge in [0.25, 0.3) is 0 Å². The Morgan fingerprint density at radius 2 is 2.13 bits per heavy atom. The van der Waals surface area contributed by atoms with E-state index in [2.05, 4.69) is 31.3 Å². The van der Waals surface area contributed by atoms with Gasteiger partial charge in [0.05, 0.1) is 6.04 Å². The third-order valence-electron chi connectivity index (χ3n) is 4.34. The fraction of sp³-hybridized carbons (Fsp3) is 0.714. The zero-order chi connectivity index (χ0) is 10.4. The first-order valence-corrected chi connectivity index (χ1v) is 6.41. The maximum atomic E-state index is 3.73. The summed E-state index contributed by atoms with van der Waals surface area (Å²) in [5.74, 6) is 2.50. The normalized spacial score (nSPS) is 43.6. The molecule has 2 aliphatic carbocycles. The molecule has 3 aliphatic rings. The third kappa shape index (κ3) is 1.53. The highest BCUT2D eigenvalue weighted by molar-refractivity contribution is 5.31. The summed E-state index contributed by atoms with van der Waals surface area (Å²) in [5, 5.41) is 3.73. The second kappa shape index (κ2) is 3.40. The van der Waals surface area contributed by atoms with Crippen LogP contribution in [-0.2, 0) is 0 Å². The highest BCUT2D eigenvalue weighted by atomic mass is 15.0. The zero-order valence-corrected chi connectivity index (χ0v) is 9.79. The summed E-state index contributed by atoms with van der Waals surface area (Å²) < 4.78 is 0. The van der Waals surface area contributed by atoms with E-state index < -0.39 is 0 Å². The number of fused-ring (bicyclic) bond motifs is 2. The quantitative estimate of drug-likeness (QED) is 0.596. The average molecular weight is 203 g/mol. The first-order valence-electron chi connectivity index (χ1n) is 6.41. The average Bonchev–Trinajstić information content (AvgIpc) is 2.56. The van der Waals surface area contributed by atoms with Crippen molar-refractivity contribution in [1.29, 1.82) is 0 Å². The molecular formula is C14H21N. The molecular weight excluding hydrogens is 182 g/mol. The monoisotopic (exact) mass is 203 g/mol. The molecule has 1 heteroatoms. The van der Waals surface area contributed by atoms with Crippen molar-refractivity contribution in [3.8, 4) is 0 Å². The summed E-state index contributed by atoms with van der Waals surface area (Å²) in [4.78, 5) is 0. The number of allylic oxidation sites excluding steroid dienone is 2. The Labute approximate surface area is 92.6 Å². The van der Waals surface area contributed by atoms with Gasteiger partial charge in [-0.15, -0.1) is 0 Å². The molecule has 82 valence electrons. The molecule has 0 aromatic rings. The topological polar surface area (TPSA) is 12.0 Å². The van der Waals surface area contributed by atoms with E-state index in [0.29, 0.717) is 6.04 Å². The smallest absolute Gasteiger partial charge is 0.0507 e. The Bertz CT molecular complexity index is 326. The molecule has 1 nitrogen and oxygen atoms in total. The standard InChI is InChI=1S/C14H21N/c1-9-3-5-13-11(7-9)12-8-10(2)4-6-14(12)15-13/h3,5,9-11,13,15H,4,6-8H2,1-2H3. The van der Waals surface area contributed by atoms with Crippen LogP contribution in [0.1, 0.15) is 39.5 Å². The van der Waals surface area contributed by atoms with Gasteiger partial charge in [-0.1, -0.05) is 26.0 Å². The van der Waals surface area contributed by atoms with Crippen LogP contribution in [0.2, 0.25) is 0 Å². The number of rotatable bonds is 0. The Morgan fingerprint density at radius 3 is 3.00 bits per heavy atom. The molecule has 15 heavy (non-hydrogen) atoms. The van der Waals surface area contributed by atoms with Gasteiger partial charge in [-0.25, -0.2) is 0 Å². The van der Waals surface area contributed by atoms with Crippen molar-refractivity contribution in [2.45, 2.75) is 45.6 Å². The molecule has 4 atom stereocenters. The Morgan fingerprint density at radius 1 is 1.27 bits per heavy atom. The minimum Gasteiger partial charge on any atom is -0.382 e. The van der Waals surface area contributed by atoms with Gasteiger partial charge in [0.1, 0.15) is 0 Å². The summed E-state index contributed by atoms with van der Waals surface area (Å²) in [6.07, 6.45) is 10.2. The number of nitrogens with one attached hydrogen (secondary N) is 1. The lowest BCUT2D eigenvalue weighted by atomic mass is 9.76. The van der Waals surface area contributed by atoms with Crippen LogP contribution in [0, 0.1) is 17.8 Å². The van der Waals surface area contributed by atoms with Crippen LogP contribution in [0.25, 0.3) is 0 Å². The molecule has 1 N–H and O–H groups in total. The molecule has 1 aliphatic heterocycles. The molecule has 0 aromatic heterocycles. The Hall–Kier alpha value is -0.720. The summed E-state index contributed by atoms with van der Waals surface area (Å²) in [5.41, 5.74) is 3.37. The molecule has 0 aromatic carbocycles.